The Morgan fingerprint density at radius 1 is 0.800 bits per heavy atom. The van der Waals surface area contributed by atoms with Crippen molar-refractivity contribution in [2.75, 3.05) is 0 Å². The van der Waals surface area contributed by atoms with Crippen LogP contribution in [0.25, 0.3) is 10.8 Å². The summed E-state index contributed by atoms with van der Waals surface area (Å²) in [5.41, 5.74) is 0.458. The normalized spacial score (nSPS) is 10.4. The van der Waals surface area contributed by atoms with Gasteiger partial charge in [-0.25, -0.2) is 4.79 Å². The Bertz CT molecular complexity index is 895. The molecule has 0 amide bonds. The average molecular weight is 334 g/mol. The summed E-state index contributed by atoms with van der Waals surface area (Å²) in [4.78, 5) is 24.2. The van der Waals surface area contributed by atoms with Crippen LogP contribution >= 0.6 is 0 Å². The van der Waals surface area contributed by atoms with Crippen LogP contribution in [0.2, 0.25) is 0 Å². The van der Waals surface area contributed by atoms with Crippen molar-refractivity contribution >= 4 is 22.7 Å². The Labute approximate surface area is 146 Å². The molecule has 0 spiro atoms. The first-order chi connectivity index (χ1) is 12.2. The summed E-state index contributed by atoms with van der Waals surface area (Å²) >= 11 is 0. The molecule has 0 bridgehead atoms. The van der Waals surface area contributed by atoms with E-state index in [0.717, 1.165) is 5.39 Å². The molecule has 0 radical (unpaired) electrons. The number of fused-ring (bicyclic) bond motifs is 1. The summed E-state index contributed by atoms with van der Waals surface area (Å²) in [5, 5.41) is 1.44. The SMILES string of the molecule is CCCC(=O)Oc1cccc2cccc(OC(=O)c3ccccc3)c12. The summed E-state index contributed by atoms with van der Waals surface area (Å²) in [5.74, 6) is 0.000593. The number of carbonyl (C=O) groups excluding carboxylic acids is 2. The second-order valence-electron chi connectivity index (χ2n) is 5.59. The summed E-state index contributed by atoms with van der Waals surface area (Å²) in [6, 6.07) is 19.5. The van der Waals surface area contributed by atoms with Crippen molar-refractivity contribution in [3.8, 4) is 11.5 Å². The maximum Gasteiger partial charge on any atom is 0.343 e. The summed E-state index contributed by atoms with van der Waals surface area (Å²) in [7, 11) is 0. The molecule has 3 aromatic rings. The van der Waals surface area contributed by atoms with Gasteiger partial charge >= 0.3 is 11.9 Å². The molecule has 0 fully saturated rings. The Balaban J connectivity index is 1.97. The van der Waals surface area contributed by atoms with Gasteiger partial charge in [0, 0.05) is 6.42 Å². The summed E-state index contributed by atoms with van der Waals surface area (Å²) in [6.45, 7) is 1.91. The topological polar surface area (TPSA) is 52.6 Å². The van der Waals surface area contributed by atoms with Gasteiger partial charge in [-0.3, -0.25) is 4.79 Å². The second-order valence-corrected chi connectivity index (χ2v) is 5.59. The van der Waals surface area contributed by atoms with Crippen LogP contribution in [-0.4, -0.2) is 11.9 Å². The first-order valence-corrected chi connectivity index (χ1v) is 8.18. The van der Waals surface area contributed by atoms with Crippen LogP contribution in [-0.2, 0) is 4.79 Å². The smallest absolute Gasteiger partial charge is 0.343 e. The van der Waals surface area contributed by atoms with Crippen LogP contribution in [0.1, 0.15) is 30.1 Å². The number of carbonyl (C=O) groups is 2. The van der Waals surface area contributed by atoms with Gasteiger partial charge in [-0.05, 0) is 36.1 Å². The zero-order valence-corrected chi connectivity index (χ0v) is 13.9. The van der Waals surface area contributed by atoms with E-state index in [1.807, 2.05) is 25.1 Å². The van der Waals surface area contributed by atoms with Crippen molar-refractivity contribution in [3.05, 3.63) is 72.3 Å². The summed E-state index contributed by atoms with van der Waals surface area (Å²) in [6.07, 6.45) is 1.04. The van der Waals surface area contributed by atoms with Crippen molar-refractivity contribution in [3.63, 3.8) is 0 Å². The van der Waals surface area contributed by atoms with Gasteiger partial charge in [0.15, 0.2) is 0 Å². The molecular formula is C21H18O4. The molecule has 3 aromatic carbocycles. The third kappa shape index (κ3) is 3.86. The molecule has 0 heterocycles. The molecule has 0 unspecified atom stereocenters. The molecule has 25 heavy (non-hydrogen) atoms. The van der Waals surface area contributed by atoms with Gasteiger partial charge in [-0.15, -0.1) is 0 Å². The van der Waals surface area contributed by atoms with Gasteiger partial charge in [0.25, 0.3) is 0 Å². The van der Waals surface area contributed by atoms with E-state index in [9.17, 15) is 9.59 Å². The molecule has 0 saturated heterocycles. The lowest BCUT2D eigenvalue weighted by Gasteiger charge is -2.12. The van der Waals surface area contributed by atoms with Crippen molar-refractivity contribution in [1.82, 2.24) is 0 Å². The number of benzene rings is 3. The third-order valence-corrected chi connectivity index (χ3v) is 3.72. The largest absolute Gasteiger partial charge is 0.426 e. The third-order valence-electron chi connectivity index (χ3n) is 3.72. The summed E-state index contributed by atoms with van der Waals surface area (Å²) < 4.78 is 11.0. The standard InChI is InChI=1S/C21H18O4/c1-2-8-19(22)24-17-13-6-11-15-12-7-14-18(20(15)17)25-21(23)16-9-4-3-5-10-16/h3-7,9-14H,2,8H2,1H3. The number of ether oxygens (including phenoxy) is 2. The minimum absolute atomic E-state index is 0.306. The van der Waals surface area contributed by atoms with Crippen molar-refractivity contribution in [1.29, 1.82) is 0 Å². The fourth-order valence-electron chi connectivity index (χ4n) is 2.55. The van der Waals surface area contributed by atoms with Crippen LogP contribution in [0.4, 0.5) is 0 Å². The Kier molecular flexibility index (Phi) is 5.09. The number of hydrogen-bond acceptors (Lipinski definition) is 4. The highest BCUT2D eigenvalue weighted by Gasteiger charge is 2.15. The minimum atomic E-state index is -0.456. The molecular weight excluding hydrogens is 316 g/mol. The van der Waals surface area contributed by atoms with E-state index in [1.54, 1.807) is 48.5 Å². The van der Waals surface area contributed by atoms with Crippen molar-refractivity contribution in [2.45, 2.75) is 19.8 Å². The van der Waals surface area contributed by atoms with Gasteiger partial charge in [-0.2, -0.15) is 0 Å². The molecule has 0 aliphatic carbocycles. The Morgan fingerprint density at radius 2 is 1.44 bits per heavy atom. The molecule has 3 rings (SSSR count). The quantitative estimate of drug-likeness (QED) is 0.498. The Hall–Kier alpha value is -3.14. The van der Waals surface area contributed by atoms with Gasteiger partial charge in [0.05, 0.1) is 10.9 Å². The molecule has 0 aliphatic heterocycles. The average Bonchev–Trinajstić information content (AvgIpc) is 2.63. The number of rotatable bonds is 5. The van der Waals surface area contributed by atoms with E-state index < -0.39 is 5.97 Å². The second kappa shape index (κ2) is 7.62. The van der Waals surface area contributed by atoms with Gasteiger partial charge in [-0.1, -0.05) is 49.4 Å². The van der Waals surface area contributed by atoms with E-state index >= 15 is 0 Å². The highest BCUT2D eigenvalue weighted by molar-refractivity contribution is 5.99. The van der Waals surface area contributed by atoms with Crippen LogP contribution in [0, 0.1) is 0 Å². The maximum atomic E-state index is 12.4. The highest BCUT2D eigenvalue weighted by Crippen LogP contribution is 2.34. The predicted molar refractivity (Wildman–Crippen MR) is 95.9 cm³/mol. The van der Waals surface area contributed by atoms with E-state index in [0.29, 0.717) is 35.3 Å². The number of hydrogen-bond donors (Lipinski definition) is 0. The zero-order chi connectivity index (χ0) is 17.6. The van der Waals surface area contributed by atoms with Crippen LogP contribution < -0.4 is 9.47 Å². The van der Waals surface area contributed by atoms with E-state index in [2.05, 4.69) is 0 Å². The molecule has 0 saturated carbocycles. The van der Waals surface area contributed by atoms with Gasteiger partial charge < -0.3 is 9.47 Å². The molecule has 0 aromatic heterocycles. The first kappa shape index (κ1) is 16.7. The molecule has 0 aliphatic rings. The lowest BCUT2D eigenvalue weighted by atomic mass is 10.1. The molecule has 126 valence electrons. The lowest BCUT2D eigenvalue weighted by molar-refractivity contribution is -0.134. The van der Waals surface area contributed by atoms with Crippen LogP contribution in [0.5, 0.6) is 11.5 Å². The Morgan fingerprint density at radius 3 is 2.08 bits per heavy atom. The first-order valence-electron chi connectivity index (χ1n) is 8.18. The monoisotopic (exact) mass is 334 g/mol. The molecule has 0 N–H and O–H groups in total. The van der Waals surface area contributed by atoms with E-state index in [1.165, 1.54) is 0 Å². The number of esters is 2. The fraction of sp³-hybridized carbons (Fsp3) is 0.143. The van der Waals surface area contributed by atoms with Crippen LogP contribution in [0.3, 0.4) is 0 Å². The van der Waals surface area contributed by atoms with Crippen LogP contribution in [0.15, 0.2) is 66.7 Å². The fourth-order valence-corrected chi connectivity index (χ4v) is 2.55. The van der Waals surface area contributed by atoms with E-state index in [-0.39, 0.29) is 5.97 Å². The molecule has 4 nitrogen and oxygen atoms in total. The zero-order valence-electron chi connectivity index (χ0n) is 13.9. The van der Waals surface area contributed by atoms with Crippen molar-refractivity contribution in [2.24, 2.45) is 0 Å². The van der Waals surface area contributed by atoms with Gasteiger partial charge in [0.2, 0.25) is 0 Å². The minimum Gasteiger partial charge on any atom is -0.426 e. The molecule has 0 atom stereocenters. The predicted octanol–water partition coefficient (Wildman–Crippen LogP) is 4.76. The van der Waals surface area contributed by atoms with E-state index in [4.69, 9.17) is 9.47 Å². The lowest BCUT2D eigenvalue weighted by Crippen LogP contribution is -2.10. The molecule has 4 heteroatoms. The van der Waals surface area contributed by atoms with Crippen molar-refractivity contribution < 1.29 is 19.1 Å². The van der Waals surface area contributed by atoms with Gasteiger partial charge in [0.1, 0.15) is 11.5 Å². The highest BCUT2D eigenvalue weighted by atomic mass is 16.5. The maximum absolute atomic E-state index is 12.4.